The molecule has 0 bridgehead atoms. The Labute approximate surface area is 156 Å². The highest BCUT2D eigenvalue weighted by atomic mass is 32.2. The molecule has 0 spiro atoms. The van der Waals surface area contributed by atoms with E-state index in [2.05, 4.69) is 4.72 Å². The smallest absolute Gasteiger partial charge is 0.335 e. The lowest BCUT2D eigenvalue weighted by Crippen LogP contribution is -2.11. The summed E-state index contributed by atoms with van der Waals surface area (Å²) in [7, 11) is -3.55. The van der Waals surface area contributed by atoms with Crippen LogP contribution in [-0.2, 0) is 22.9 Å². The molecule has 0 aliphatic heterocycles. The van der Waals surface area contributed by atoms with E-state index in [1.54, 1.807) is 41.8 Å². The maximum absolute atomic E-state index is 12.2. The van der Waals surface area contributed by atoms with Gasteiger partial charge in [0, 0.05) is 5.69 Å². The highest BCUT2D eigenvalue weighted by Crippen LogP contribution is 2.21. The molecule has 26 heavy (non-hydrogen) atoms. The summed E-state index contributed by atoms with van der Waals surface area (Å²) in [4.78, 5) is 11.2. The van der Waals surface area contributed by atoms with E-state index in [0.29, 0.717) is 24.1 Å². The van der Waals surface area contributed by atoms with Crippen molar-refractivity contribution in [1.82, 2.24) is 0 Å². The van der Waals surface area contributed by atoms with E-state index < -0.39 is 16.0 Å². The van der Waals surface area contributed by atoms with E-state index >= 15 is 0 Å². The molecule has 0 radical (unpaired) electrons. The van der Waals surface area contributed by atoms with Gasteiger partial charge in [-0.15, -0.1) is 11.3 Å². The fourth-order valence-corrected chi connectivity index (χ4v) is 4.64. The maximum atomic E-state index is 12.2. The number of carboxylic acids is 1. The van der Waals surface area contributed by atoms with Gasteiger partial charge in [-0.2, -0.15) is 0 Å². The van der Waals surface area contributed by atoms with Crippen molar-refractivity contribution >= 4 is 33.0 Å². The van der Waals surface area contributed by atoms with Crippen molar-refractivity contribution in [3.63, 3.8) is 0 Å². The lowest BCUT2D eigenvalue weighted by atomic mass is 10.00. The molecule has 3 rings (SSSR count). The fraction of sp³-hybridized carbons (Fsp3) is 0.105. The molecule has 7 heteroatoms. The van der Waals surface area contributed by atoms with Crippen LogP contribution in [0.5, 0.6) is 0 Å². The summed E-state index contributed by atoms with van der Waals surface area (Å²) in [6.07, 6.45) is 1.27. The highest BCUT2D eigenvalue weighted by Gasteiger charge is 2.15. The average molecular weight is 387 g/mol. The number of carbonyl (C=O) groups is 1. The van der Waals surface area contributed by atoms with Crippen LogP contribution in [0.15, 0.2) is 70.3 Å². The van der Waals surface area contributed by atoms with Gasteiger partial charge < -0.3 is 5.11 Å². The lowest BCUT2D eigenvalue weighted by Gasteiger charge is -2.08. The second-order valence-corrected chi connectivity index (χ2v) is 8.55. The van der Waals surface area contributed by atoms with Crippen molar-refractivity contribution in [2.24, 2.45) is 0 Å². The number of hydrogen-bond acceptors (Lipinski definition) is 4. The van der Waals surface area contributed by atoms with Crippen LogP contribution < -0.4 is 4.72 Å². The zero-order valence-electron chi connectivity index (χ0n) is 13.8. The second-order valence-electron chi connectivity index (χ2n) is 5.70. The van der Waals surface area contributed by atoms with Crippen LogP contribution in [0.2, 0.25) is 0 Å². The van der Waals surface area contributed by atoms with Crippen LogP contribution in [0.3, 0.4) is 0 Å². The van der Waals surface area contributed by atoms with Gasteiger partial charge >= 0.3 is 5.97 Å². The minimum Gasteiger partial charge on any atom is -0.478 e. The Morgan fingerprint density at radius 2 is 1.69 bits per heavy atom. The number of benzene rings is 2. The summed E-state index contributed by atoms with van der Waals surface area (Å²) in [5.41, 5.74) is 2.59. The number of anilines is 1. The minimum absolute atomic E-state index is 0.270. The topological polar surface area (TPSA) is 83.5 Å². The van der Waals surface area contributed by atoms with Gasteiger partial charge in [0.25, 0.3) is 10.0 Å². The van der Waals surface area contributed by atoms with E-state index in [-0.39, 0.29) is 4.21 Å². The van der Waals surface area contributed by atoms with Crippen molar-refractivity contribution in [2.45, 2.75) is 17.1 Å². The molecule has 0 atom stereocenters. The zero-order valence-corrected chi connectivity index (χ0v) is 15.4. The van der Waals surface area contributed by atoms with Crippen LogP contribution in [0, 0.1) is 0 Å². The molecule has 5 nitrogen and oxygen atoms in total. The molecule has 2 aromatic carbocycles. The van der Waals surface area contributed by atoms with Gasteiger partial charge in [0.1, 0.15) is 4.21 Å². The third-order valence-corrected chi connectivity index (χ3v) is 6.68. The Bertz CT molecular complexity index is 994. The minimum atomic E-state index is -3.55. The fourth-order valence-electron chi connectivity index (χ4n) is 2.59. The van der Waals surface area contributed by atoms with Gasteiger partial charge in [0.2, 0.25) is 0 Å². The first-order chi connectivity index (χ1) is 12.5. The van der Waals surface area contributed by atoms with Gasteiger partial charge in [-0.3, -0.25) is 4.72 Å². The summed E-state index contributed by atoms with van der Waals surface area (Å²) >= 11 is 1.16. The van der Waals surface area contributed by atoms with E-state index in [1.807, 2.05) is 24.3 Å². The largest absolute Gasteiger partial charge is 0.478 e. The predicted octanol–water partition coefficient (Wildman–Crippen LogP) is 4.03. The molecule has 0 aliphatic rings. The molecule has 0 unspecified atom stereocenters. The number of hydrogen-bond donors (Lipinski definition) is 2. The normalized spacial score (nSPS) is 11.2. The van der Waals surface area contributed by atoms with E-state index in [4.69, 9.17) is 0 Å². The molecule has 1 aromatic heterocycles. The zero-order chi connectivity index (χ0) is 18.6. The van der Waals surface area contributed by atoms with Gasteiger partial charge in [-0.1, -0.05) is 36.4 Å². The average Bonchev–Trinajstić information content (AvgIpc) is 3.17. The molecular formula is C19H17NO4S2. The molecule has 3 aromatic rings. The number of aromatic carboxylic acids is 1. The lowest BCUT2D eigenvalue weighted by molar-refractivity contribution is 0.0695. The molecule has 2 N–H and O–H groups in total. The molecule has 0 aliphatic carbocycles. The van der Waals surface area contributed by atoms with Gasteiger partial charge in [-0.05, 0) is 53.6 Å². The number of nitrogens with one attached hydrogen (secondary N) is 1. The number of thiophene rings is 1. The maximum Gasteiger partial charge on any atom is 0.335 e. The van der Waals surface area contributed by atoms with Crippen molar-refractivity contribution in [1.29, 1.82) is 0 Å². The summed E-state index contributed by atoms with van der Waals surface area (Å²) in [5, 5.41) is 10.9. The van der Waals surface area contributed by atoms with E-state index in [9.17, 15) is 18.3 Å². The summed E-state index contributed by atoms with van der Waals surface area (Å²) in [6, 6.07) is 17.3. The van der Waals surface area contributed by atoms with Crippen LogP contribution in [0.1, 0.15) is 21.5 Å². The summed E-state index contributed by atoms with van der Waals surface area (Å²) in [5.74, 6) is -0.932. The van der Waals surface area contributed by atoms with Crippen molar-refractivity contribution < 1.29 is 18.3 Å². The molecular weight excluding hydrogens is 370 g/mol. The van der Waals surface area contributed by atoms with Gasteiger partial charge in [-0.25, -0.2) is 13.2 Å². The molecule has 0 fully saturated rings. The molecule has 0 saturated carbocycles. The Morgan fingerprint density at radius 3 is 2.35 bits per heavy atom. The SMILES string of the molecule is O=C(O)c1ccccc1CCc1ccc(NS(=O)(=O)c2cccs2)cc1. The highest BCUT2D eigenvalue weighted by molar-refractivity contribution is 7.94. The first kappa shape index (κ1) is 18.2. The monoisotopic (exact) mass is 387 g/mol. The standard InChI is InChI=1S/C19H17NO4S2/c21-19(22)17-5-2-1-4-15(17)10-7-14-8-11-16(12-9-14)20-26(23,24)18-6-3-13-25-18/h1-6,8-9,11-13,20H,7,10H2,(H,21,22). The predicted molar refractivity (Wildman–Crippen MR) is 102 cm³/mol. The molecule has 134 valence electrons. The van der Waals surface area contributed by atoms with Crippen molar-refractivity contribution in [3.05, 3.63) is 82.7 Å². The van der Waals surface area contributed by atoms with Crippen LogP contribution in [0.25, 0.3) is 0 Å². The third kappa shape index (κ3) is 4.30. The van der Waals surface area contributed by atoms with E-state index in [0.717, 1.165) is 22.5 Å². The van der Waals surface area contributed by atoms with E-state index in [1.165, 1.54) is 0 Å². The Morgan fingerprint density at radius 1 is 0.962 bits per heavy atom. The number of carboxylic acid groups (broad SMARTS) is 1. The van der Waals surface area contributed by atoms with Gasteiger partial charge in [0.05, 0.1) is 5.56 Å². The second kappa shape index (κ2) is 7.72. The molecule has 0 saturated heterocycles. The number of rotatable bonds is 7. The Hall–Kier alpha value is -2.64. The van der Waals surface area contributed by atoms with Crippen LogP contribution in [-0.4, -0.2) is 19.5 Å². The first-order valence-corrected chi connectivity index (χ1v) is 10.3. The summed E-state index contributed by atoms with van der Waals surface area (Å²) < 4.78 is 27.2. The van der Waals surface area contributed by atoms with Crippen molar-refractivity contribution in [3.8, 4) is 0 Å². The summed E-state index contributed by atoms with van der Waals surface area (Å²) in [6.45, 7) is 0. The molecule has 1 heterocycles. The van der Waals surface area contributed by atoms with Gasteiger partial charge in [0.15, 0.2) is 0 Å². The first-order valence-electron chi connectivity index (χ1n) is 7.92. The third-order valence-electron chi connectivity index (χ3n) is 3.90. The number of sulfonamides is 1. The Kier molecular flexibility index (Phi) is 5.39. The van der Waals surface area contributed by atoms with Crippen LogP contribution >= 0.6 is 11.3 Å². The quantitative estimate of drug-likeness (QED) is 0.641. The molecule has 0 amide bonds. The van der Waals surface area contributed by atoms with Crippen LogP contribution in [0.4, 0.5) is 5.69 Å². The Balaban J connectivity index is 1.66. The van der Waals surface area contributed by atoms with Crippen molar-refractivity contribution in [2.75, 3.05) is 4.72 Å². The number of aryl methyl sites for hydroxylation is 2.